The zero-order valence-corrected chi connectivity index (χ0v) is 15.6. The molecule has 1 aromatic heterocycles. The van der Waals surface area contributed by atoms with Crippen molar-refractivity contribution in [2.75, 3.05) is 0 Å². The number of aromatic nitrogens is 1. The lowest BCUT2D eigenvalue weighted by molar-refractivity contribution is -0.137. The van der Waals surface area contributed by atoms with Gasteiger partial charge in [-0.1, -0.05) is 47.0 Å². The topological polar surface area (TPSA) is 59.3 Å². The van der Waals surface area contributed by atoms with Crippen LogP contribution in [0.2, 0.25) is 10.0 Å². The molecule has 1 heterocycles. The first-order valence-corrected chi connectivity index (χ1v) is 8.90. The summed E-state index contributed by atoms with van der Waals surface area (Å²) in [6.07, 6.45) is 2.03. The molecule has 0 fully saturated rings. The molecule has 0 amide bonds. The Morgan fingerprint density at radius 1 is 1.15 bits per heavy atom. The summed E-state index contributed by atoms with van der Waals surface area (Å²) >= 11 is 12.3. The molecule has 0 aliphatic heterocycles. The Balaban J connectivity index is 2.15. The molecule has 0 radical (unpaired) electrons. The van der Waals surface area contributed by atoms with Crippen LogP contribution in [-0.2, 0) is 17.8 Å². The van der Waals surface area contributed by atoms with Crippen LogP contribution < -0.4 is 5.43 Å². The molecular weight excluding hydrogens is 373 g/mol. The summed E-state index contributed by atoms with van der Waals surface area (Å²) in [7, 11) is 0. The maximum Gasteiger partial charge on any atom is 0.305 e. The number of carboxylic acids is 1. The number of pyridine rings is 1. The standard InChI is InChI=1S/C20H17Cl2NO3/c1-12-5-6-17-15(9-12)20(26)14(11-23(17)8-7-18(24)25)10-13-3-2-4-16(21)19(13)22/h2-6,9,11H,7-8,10H2,1H3,(H,24,25). The molecule has 0 aliphatic rings. The van der Waals surface area contributed by atoms with E-state index >= 15 is 0 Å². The highest BCUT2D eigenvalue weighted by atomic mass is 35.5. The van der Waals surface area contributed by atoms with Crippen LogP contribution in [-0.4, -0.2) is 15.6 Å². The second-order valence-electron chi connectivity index (χ2n) is 6.23. The zero-order valence-electron chi connectivity index (χ0n) is 14.1. The van der Waals surface area contributed by atoms with Gasteiger partial charge in [0.1, 0.15) is 0 Å². The number of nitrogens with zero attached hydrogens (tertiary/aromatic N) is 1. The summed E-state index contributed by atoms with van der Waals surface area (Å²) in [6, 6.07) is 10.9. The van der Waals surface area contributed by atoms with Crippen molar-refractivity contribution in [1.82, 2.24) is 4.57 Å². The van der Waals surface area contributed by atoms with Gasteiger partial charge >= 0.3 is 5.97 Å². The van der Waals surface area contributed by atoms with E-state index in [1.165, 1.54) is 0 Å². The third-order valence-corrected chi connectivity index (χ3v) is 5.15. The fourth-order valence-corrected chi connectivity index (χ4v) is 3.38. The number of hydrogen-bond acceptors (Lipinski definition) is 2. The third-order valence-electron chi connectivity index (χ3n) is 4.29. The van der Waals surface area contributed by atoms with E-state index in [1.807, 2.05) is 35.8 Å². The van der Waals surface area contributed by atoms with Crippen LogP contribution in [0.15, 0.2) is 47.4 Å². The summed E-state index contributed by atoms with van der Waals surface area (Å²) in [4.78, 5) is 23.9. The third kappa shape index (κ3) is 3.76. The van der Waals surface area contributed by atoms with Crippen LogP contribution in [0.3, 0.4) is 0 Å². The SMILES string of the molecule is Cc1ccc2c(c1)c(=O)c(Cc1cccc(Cl)c1Cl)cn2CCC(=O)O. The summed E-state index contributed by atoms with van der Waals surface area (Å²) < 4.78 is 1.82. The van der Waals surface area contributed by atoms with Gasteiger partial charge in [0.2, 0.25) is 0 Å². The van der Waals surface area contributed by atoms with Gasteiger partial charge in [0.25, 0.3) is 0 Å². The van der Waals surface area contributed by atoms with E-state index in [1.54, 1.807) is 18.3 Å². The van der Waals surface area contributed by atoms with Gasteiger partial charge in [0.15, 0.2) is 5.43 Å². The van der Waals surface area contributed by atoms with Crippen LogP contribution in [0.1, 0.15) is 23.1 Å². The molecule has 0 saturated carbocycles. The van der Waals surface area contributed by atoms with E-state index in [4.69, 9.17) is 28.3 Å². The lowest BCUT2D eigenvalue weighted by atomic mass is 10.0. The van der Waals surface area contributed by atoms with E-state index in [2.05, 4.69) is 0 Å². The molecular formula is C20H17Cl2NO3. The van der Waals surface area contributed by atoms with Crippen LogP contribution in [0.25, 0.3) is 10.9 Å². The number of carbonyl (C=O) groups is 1. The Bertz CT molecular complexity index is 1060. The van der Waals surface area contributed by atoms with Crippen molar-refractivity contribution >= 4 is 40.1 Å². The molecule has 3 rings (SSSR count). The normalized spacial score (nSPS) is 11.0. The molecule has 6 heteroatoms. The zero-order chi connectivity index (χ0) is 18.8. The second kappa shape index (κ2) is 7.52. The van der Waals surface area contributed by atoms with Gasteiger partial charge in [-0.15, -0.1) is 0 Å². The average molecular weight is 390 g/mol. The van der Waals surface area contributed by atoms with Crippen LogP contribution in [0, 0.1) is 6.92 Å². The van der Waals surface area contributed by atoms with E-state index in [9.17, 15) is 9.59 Å². The van der Waals surface area contributed by atoms with Crippen LogP contribution in [0.4, 0.5) is 0 Å². The van der Waals surface area contributed by atoms with Crippen LogP contribution in [0.5, 0.6) is 0 Å². The molecule has 4 nitrogen and oxygen atoms in total. The monoisotopic (exact) mass is 389 g/mol. The maximum absolute atomic E-state index is 13.0. The Labute approximate surface area is 160 Å². The van der Waals surface area contributed by atoms with Crippen molar-refractivity contribution in [1.29, 1.82) is 0 Å². The lowest BCUT2D eigenvalue weighted by Gasteiger charge is -2.14. The van der Waals surface area contributed by atoms with Gasteiger partial charge in [-0.05, 0) is 30.7 Å². The van der Waals surface area contributed by atoms with E-state index < -0.39 is 5.97 Å². The first kappa shape index (κ1) is 18.5. The molecule has 26 heavy (non-hydrogen) atoms. The molecule has 0 spiro atoms. The second-order valence-corrected chi connectivity index (χ2v) is 7.02. The van der Waals surface area contributed by atoms with Crippen molar-refractivity contribution < 1.29 is 9.90 Å². The van der Waals surface area contributed by atoms with Crippen molar-refractivity contribution in [3.8, 4) is 0 Å². The molecule has 0 saturated heterocycles. The van der Waals surface area contributed by atoms with Crippen molar-refractivity contribution in [3.05, 3.63) is 79.6 Å². The lowest BCUT2D eigenvalue weighted by Crippen LogP contribution is -2.16. The predicted octanol–water partition coefficient (Wildman–Crippen LogP) is 4.68. The number of fused-ring (bicyclic) bond motifs is 1. The number of aliphatic carboxylic acids is 1. The summed E-state index contributed by atoms with van der Waals surface area (Å²) in [5.74, 6) is -0.886. The summed E-state index contributed by atoms with van der Waals surface area (Å²) in [5.41, 5.74) is 2.93. The molecule has 0 bridgehead atoms. The summed E-state index contributed by atoms with van der Waals surface area (Å²) in [6.45, 7) is 2.20. The molecule has 0 aliphatic carbocycles. The Morgan fingerprint density at radius 3 is 2.65 bits per heavy atom. The average Bonchev–Trinajstić information content (AvgIpc) is 2.60. The Morgan fingerprint density at radius 2 is 1.92 bits per heavy atom. The maximum atomic E-state index is 13.0. The van der Waals surface area contributed by atoms with E-state index in [0.29, 0.717) is 27.4 Å². The predicted molar refractivity (Wildman–Crippen MR) is 104 cm³/mol. The largest absolute Gasteiger partial charge is 0.481 e. The molecule has 0 atom stereocenters. The first-order chi connectivity index (χ1) is 12.4. The highest BCUT2D eigenvalue weighted by Crippen LogP contribution is 2.27. The van der Waals surface area contributed by atoms with Gasteiger partial charge in [-0.3, -0.25) is 9.59 Å². The number of benzene rings is 2. The van der Waals surface area contributed by atoms with Gasteiger partial charge < -0.3 is 9.67 Å². The van der Waals surface area contributed by atoms with Crippen molar-refractivity contribution in [2.45, 2.75) is 26.3 Å². The minimum atomic E-state index is -0.886. The smallest absolute Gasteiger partial charge is 0.305 e. The van der Waals surface area contributed by atoms with Crippen molar-refractivity contribution in [2.24, 2.45) is 0 Å². The summed E-state index contributed by atoms with van der Waals surface area (Å²) in [5, 5.41) is 10.4. The van der Waals surface area contributed by atoms with Crippen molar-refractivity contribution in [3.63, 3.8) is 0 Å². The Kier molecular flexibility index (Phi) is 5.35. The number of hydrogen-bond donors (Lipinski definition) is 1. The highest BCUT2D eigenvalue weighted by Gasteiger charge is 2.13. The van der Waals surface area contributed by atoms with Crippen LogP contribution >= 0.6 is 23.2 Å². The number of rotatable bonds is 5. The molecule has 134 valence electrons. The number of aryl methyl sites for hydroxylation is 2. The van der Waals surface area contributed by atoms with E-state index in [0.717, 1.165) is 16.6 Å². The van der Waals surface area contributed by atoms with Gasteiger partial charge in [-0.25, -0.2) is 0 Å². The quantitative estimate of drug-likeness (QED) is 0.688. The number of carboxylic acid groups (broad SMARTS) is 1. The highest BCUT2D eigenvalue weighted by molar-refractivity contribution is 6.42. The minimum absolute atomic E-state index is 0.0246. The molecule has 1 N–H and O–H groups in total. The molecule has 3 aromatic rings. The first-order valence-electron chi connectivity index (χ1n) is 8.14. The molecule has 2 aromatic carbocycles. The van der Waals surface area contributed by atoms with Gasteiger partial charge in [0.05, 0.1) is 22.0 Å². The van der Waals surface area contributed by atoms with Gasteiger partial charge in [0, 0.05) is 30.1 Å². The number of halogens is 2. The van der Waals surface area contributed by atoms with E-state index in [-0.39, 0.29) is 18.4 Å². The molecule has 0 unspecified atom stereocenters. The fourth-order valence-electron chi connectivity index (χ4n) is 2.99. The fraction of sp³-hybridized carbons (Fsp3) is 0.200. The Hall–Kier alpha value is -2.30. The van der Waals surface area contributed by atoms with Gasteiger partial charge in [-0.2, -0.15) is 0 Å². The minimum Gasteiger partial charge on any atom is -0.481 e.